The van der Waals surface area contributed by atoms with Crippen LogP contribution in [-0.2, 0) is 10.0 Å². The molecule has 1 fully saturated rings. The summed E-state index contributed by atoms with van der Waals surface area (Å²) in [6.07, 6.45) is 4.36. The predicted molar refractivity (Wildman–Crippen MR) is 84.4 cm³/mol. The summed E-state index contributed by atoms with van der Waals surface area (Å²) in [5, 5.41) is 2.79. The highest BCUT2D eigenvalue weighted by Crippen LogP contribution is 2.18. The van der Waals surface area contributed by atoms with E-state index in [0.29, 0.717) is 19.0 Å². The minimum Gasteiger partial charge on any atom is -0.315 e. The zero-order valence-electron chi connectivity index (χ0n) is 13.2. The Labute approximate surface area is 124 Å². The van der Waals surface area contributed by atoms with Crippen LogP contribution in [0.25, 0.3) is 0 Å². The second-order valence-electron chi connectivity index (χ2n) is 5.99. The normalized spacial score (nSPS) is 20.1. The Hall–Kier alpha value is -0.170. The summed E-state index contributed by atoms with van der Waals surface area (Å²) in [7, 11) is -1.03. The van der Waals surface area contributed by atoms with Crippen molar-refractivity contribution in [1.82, 2.24) is 14.9 Å². The van der Waals surface area contributed by atoms with Crippen molar-refractivity contribution in [1.29, 1.82) is 0 Å². The summed E-state index contributed by atoms with van der Waals surface area (Å²) in [6, 6.07) is 0. The van der Waals surface area contributed by atoms with Crippen molar-refractivity contribution in [2.24, 2.45) is 5.92 Å². The lowest BCUT2D eigenvalue weighted by Gasteiger charge is -2.29. The minimum atomic E-state index is -3.18. The van der Waals surface area contributed by atoms with Crippen molar-refractivity contribution in [2.45, 2.75) is 44.8 Å². The van der Waals surface area contributed by atoms with E-state index in [9.17, 15) is 8.42 Å². The molecule has 1 heterocycles. The zero-order chi connectivity index (χ0) is 15.0. The van der Waals surface area contributed by atoms with Crippen molar-refractivity contribution in [3.63, 3.8) is 0 Å². The molecule has 0 radical (unpaired) electrons. The number of piperidine rings is 1. The van der Waals surface area contributed by atoms with E-state index in [-0.39, 0.29) is 5.25 Å². The first-order valence-corrected chi connectivity index (χ1v) is 9.38. The first-order valence-electron chi connectivity index (χ1n) is 7.83. The molecular weight excluding hydrogens is 274 g/mol. The molecular formula is C14H31N3O2S. The van der Waals surface area contributed by atoms with Crippen LogP contribution in [0.2, 0.25) is 0 Å². The largest absolute Gasteiger partial charge is 0.315 e. The lowest BCUT2D eigenvalue weighted by molar-refractivity contribution is 0.213. The van der Waals surface area contributed by atoms with Gasteiger partial charge in [-0.15, -0.1) is 0 Å². The molecule has 1 rings (SSSR count). The number of hydrogen-bond acceptors (Lipinski definition) is 4. The number of sulfonamides is 1. The summed E-state index contributed by atoms with van der Waals surface area (Å²) in [5.74, 6) is 0.669. The van der Waals surface area contributed by atoms with Gasteiger partial charge >= 0.3 is 0 Å². The van der Waals surface area contributed by atoms with Crippen molar-refractivity contribution >= 4 is 10.0 Å². The van der Waals surface area contributed by atoms with Gasteiger partial charge in [0.15, 0.2) is 0 Å². The van der Waals surface area contributed by atoms with Crippen LogP contribution in [0.3, 0.4) is 0 Å². The standard InChI is InChI=1S/C14H31N3O2S/c1-4-8-15-12-13(2)20(18,19)16-9-5-14-6-10-17(3)11-7-14/h13-16H,4-12H2,1-3H3. The summed E-state index contributed by atoms with van der Waals surface area (Å²) in [4.78, 5) is 2.34. The van der Waals surface area contributed by atoms with Crippen LogP contribution < -0.4 is 10.0 Å². The van der Waals surface area contributed by atoms with E-state index < -0.39 is 10.0 Å². The van der Waals surface area contributed by atoms with E-state index >= 15 is 0 Å². The SMILES string of the molecule is CCCNCC(C)S(=O)(=O)NCCC1CCN(C)CC1. The molecule has 0 aromatic heterocycles. The summed E-state index contributed by atoms with van der Waals surface area (Å²) in [5.41, 5.74) is 0. The monoisotopic (exact) mass is 305 g/mol. The molecule has 1 aliphatic rings. The second-order valence-corrected chi connectivity index (χ2v) is 8.17. The minimum absolute atomic E-state index is 0.369. The van der Waals surface area contributed by atoms with Crippen molar-refractivity contribution in [2.75, 3.05) is 39.8 Å². The van der Waals surface area contributed by atoms with E-state index in [4.69, 9.17) is 0 Å². The van der Waals surface area contributed by atoms with Crippen LogP contribution in [-0.4, -0.2) is 58.3 Å². The molecule has 6 heteroatoms. The number of hydrogen-bond donors (Lipinski definition) is 2. The van der Waals surface area contributed by atoms with Crippen LogP contribution in [0.15, 0.2) is 0 Å². The van der Waals surface area contributed by atoms with E-state index in [0.717, 1.165) is 32.5 Å². The molecule has 0 aliphatic carbocycles. The molecule has 0 bridgehead atoms. The molecule has 1 atom stereocenters. The zero-order valence-corrected chi connectivity index (χ0v) is 14.0. The number of rotatable bonds is 9. The molecule has 0 amide bonds. The van der Waals surface area contributed by atoms with Gasteiger partial charge < -0.3 is 10.2 Å². The van der Waals surface area contributed by atoms with Gasteiger partial charge in [-0.3, -0.25) is 0 Å². The lowest BCUT2D eigenvalue weighted by Crippen LogP contribution is -2.40. The molecule has 120 valence electrons. The molecule has 0 spiro atoms. The van der Waals surface area contributed by atoms with Gasteiger partial charge in [0, 0.05) is 13.1 Å². The molecule has 0 aromatic rings. The van der Waals surface area contributed by atoms with Gasteiger partial charge in [0.2, 0.25) is 10.0 Å². The Balaban J connectivity index is 2.21. The Bertz CT molecular complexity index is 351. The molecule has 5 nitrogen and oxygen atoms in total. The average molecular weight is 305 g/mol. The molecule has 1 saturated heterocycles. The third-order valence-corrected chi connectivity index (χ3v) is 5.91. The summed E-state index contributed by atoms with van der Waals surface area (Å²) >= 11 is 0. The molecule has 20 heavy (non-hydrogen) atoms. The maximum Gasteiger partial charge on any atom is 0.215 e. The number of nitrogens with one attached hydrogen (secondary N) is 2. The van der Waals surface area contributed by atoms with Crippen molar-refractivity contribution in [3.8, 4) is 0 Å². The number of likely N-dealkylation sites (tertiary alicyclic amines) is 1. The molecule has 2 N–H and O–H groups in total. The molecule has 0 saturated carbocycles. The van der Waals surface area contributed by atoms with Crippen LogP contribution in [0.5, 0.6) is 0 Å². The molecule has 0 aromatic carbocycles. The first kappa shape index (κ1) is 17.9. The lowest BCUT2D eigenvalue weighted by atomic mass is 9.94. The average Bonchev–Trinajstić information content (AvgIpc) is 2.41. The smallest absolute Gasteiger partial charge is 0.215 e. The Morgan fingerprint density at radius 1 is 1.25 bits per heavy atom. The highest BCUT2D eigenvalue weighted by atomic mass is 32.2. The fourth-order valence-electron chi connectivity index (χ4n) is 2.49. The van der Waals surface area contributed by atoms with Gasteiger partial charge in [-0.2, -0.15) is 0 Å². The van der Waals surface area contributed by atoms with E-state index in [2.05, 4.69) is 28.9 Å². The third kappa shape index (κ3) is 6.52. The molecule has 1 unspecified atom stereocenters. The van der Waals surface area contributed by atoms with Crippen molar-refractivity contribution < 1.29 is 8.42 Å². The summed E-state index contributed by atoms with van der Waals surface area (Å²) in [6.45, 7) is 8.08. The van der Waals surface area contributed by atoms with Gasteiger partial charge in [0.05, 0.1) is 5.25 Å². The third-order valence-electron chi connectivity index (χ3n) is 4.08. The van der Waals surface area contributed by atoms with Gasteiger partial charge in [-0.05, 0) is 65.2 Å². The van der Waals surface area contributed by atoms with Gasteiger partial charge in [0.1, 0.15) is 0 Å². The van der Waals surface area contributed by atoms with Crippen LogP contribution in [0.1, 0.15) is 39.5 Å². The van der Waals surface area contributed by atoms with Gasteiger partial charge in [-0.25, -0.2) is 13.1 Å². The predicted octanol–water partition coefficient (Wildman–Crippen LogP) is 1.03. The Morgan fingerprint density at radius 3 is 2.50 bits per heavy atom. The Kier molecular flexibility index (Phi) is 8.02. The fraction of sp³-hybridized carbons (Fsp3) is 1.00. The topological polar surface area (TPSA) is 61.4 Å². The second kappa shape index (κ2) is 8.97. The molecule has 1 aliphatic heterocycles. The van der Waals surface area contributed by atoms with Crippen molar-refractivity contribution in [3.05, 3.63) is 0 Å². The Morgan fingerprint density at radius 2 is 1.90 bits per heavy atom. The highest BCUT2D eigenvalue weighted by molar-refractivity contribution is 7.90. The fourth-order valence-corrected chi connectivity index (χ4v) is 3.51. The van der Waals surface area contributed by atoms with Gasteiger partial charge in [0.25, 0.3) is 0 Å². The maximum absolute atomic E-state index is 12.1. The van der Waals surface area contributed by atoms with Crippen LogP contribution in [0.4, 0.5) is 0 Å². The number of nitrogens with zero attached hydrogens (tertiary/aromatic N) is 1. The first-order chi connectivity index (χ1) is 9.45. The highest BCUT2D eigenvalue weighted by Gasteiger charge is 2.21. The van der Waals surface area contributed by atoms with Crippen LogP contribution >= 0.6 is 0 Å². The quantitative estimate of drug-likeness (QED) is 0.625. The van der Waals surface area contributed by atoms with E-state index in [1.165, 1.54) is 12.8 Å². The maximum atomic E-state index is 12.1. The van der Waals surface area contributed by atoms with Crippen LogP contribution in [0, 0.1) is 5.92 Å². The van der Waals surface area contributed by atoms with E-state index in [1.807, 2.05) is 0 Å². The van der Waals surface area contributed by atoms with E-state index in [1.54, 1.807) is 6.92 Å². The van der Waals surface area contributed by atoms with Gasteiger partial charge in [-0.1, -0.05) is 6.92 Å². The summed E-state index contributed by atoms with van der Waals surface area (Å²) < 4.78 is 26.9.